The Morgan fingerprint density at radius 3 is 2.67 bits per heavy atom. The van der Waals surface area contributed by atoms with Crippen LogP contribution in [0.5, 0.6) is 0 Å². The van der Waals surface area contributed by atoms with Crippen LogP contribution in [0, 0.1) is 5.82 Å². The van der Waals surface area contributed by atoms with Crippen molar-refractivity contribution in [2.24, 2.45) is 5.73 Å². The van der Waals surface area contributed by atoms with E-state index in [9.17, 15) is 4.39 Å². The highest BCUT2D eigenvalue weighted by atomic mass is 19.1. The Labute approximate surface area is 88.5 Å². The van der Waals surface area contributed by atoms with Gasteiger partial charge in [-0.2, -0.15) is 0 Å². The van der Waals surface area contributed by atoms with Crippen LogP contribution in [-0.4, -0.2) is 12.6 Å². The Morgan fingerprint density at radius 2 is 2.07 bits per heavy atom. The Kier molecular flexibility index (Phi) is 3.02. The van der Waals surface area contributed by atoms with E-state index in [1.165, 1.54) is 12.1 Å². The summed E-state index contributed by atoms with van der Waals surface area (Å²) in [5, 5.41) is 0. The number of ether oxygens (including phenoxy) is 1. The lowest BCUT2D eigenvalue weighted by molar-refractivity contribution is 0.224. The summed E-state index contributed by atoms with van der Waals surface area (Å²) in [5.74, 6) is 0.642. The van der Waals surface area contributed by atoms with E-state index in [1.54, 1.807) is 12.1 Å². The summed E-state index contributed by atoms with van der Waals surface area (Å²) in [6.45, 7) is 0.729. The SMILES string of the molecule is NC(Cc1ccc(F)cc1)C1=CCCO1. The van der Waals surface area contributed by atoms with Crippen molar-refractivity contribution < 1.29 is 9.13 Å². The van der Waals surface area contributed by atoms with Crippen molar-refractivity contribution in [2.75, 3.05) is 6.61 Å². The molecular weight excluding hydrogens is 193 g/mol. The highest BCUT2D eigenvalue weighted by Crippen LogP contribution is 2.15. The highest BCUT2D eigenvalue weighted by Gasteiger charge is 2.14. The van der Waals surface area contributed by atoms with Gasteiger partial charge in [-0.1, -0.05) is 12.1 Å². The van der Waals surface area contributed by atoms with Crippen molar-refractivity contribution in [1.82, 2.24) is 0 Å². The number of benzene rings is 1. The van der Waals surface area contributed by atoms with Gasteiger partial charge in [0.25, 0.3) is 0 Å². The topological polar surface area (TPSA) is 35.2 Å². The summed E-state index contributed by atoms with van der Waals surface area (Å²) >= 11 is 0. The molecule has 1 atom stereocenters. The summed E-state index contributed by atoms with van der Waals surface area (Å²) in [6.07, 6.45) is 3.65. The zero-order valence-corrected chi connectivity index (χ0v) is 8.45. The minimum Gasteiger partial charge on any atom is -0.496 e. The van der Waals surface area contributed by atoms with E-state index in [0.29, 0.717) is 6.42 Å². The maximum absolute atomic E-state index is 12.7. The predicted molar refractivity (Wildman–Crippen MR) is 56.7 cm³/mol. The molecule has 0 fully saturated rings. The molecule has 1 unspecified atom stereocenters. The van der Waals surface area contributed by atoms with Crippen LogP contribution in [0.15, 0.2) is 36.1 Å². The molecular formula is C12H14FNO. The second kappa shape index (κ2) is 4.45. The van der Waals surface area contributed by atoms with Crippen LogP contribution >= 0.6 is 0 Å². The molecule has 1 aliphatic heterocycles. The third-order valence-electron chi connectivity index (χ3n) is 2.47. The van der Waals surface area contributed by atoms with Crippen LogP contribution in [0.1, 0.15) is 12.0 Å². The smallest absolute Gasteiger partial charge is 0.123 e. The molecule has 0 bridgehead atoms. The molecule has 0 saturated heterocycles. The van der Waals surface area contributed by atoms with Crippen molar-refractivity contribution in [3.63, 3.8) is 0 Å². The molecule has 1 aromatic carbocycles. The minimum absolute atomic E-state index is 0.113. The predicted octanol–water partition coefficient (Wildman–Crippen LogP) is 2.00. The van der Waals surface area contributed by atoms with Gasteiger partial charge in [0.05, 0.1) is 12.6 Å². The molecule has 0 amide bonds. The van der Waals surface area contributed by atoms with Gasteiger partial charge in [0, 0.05) is 6.42 Å². The van der Waals surface area contributed by atoms with Crippen molar-refractivity contribution in [1.29, 1.82) is 0 Å². The molecule has 1 heterocycles. The molecule has 3 heteroatoms. The zero-order chi connectivity index (χ0) is 10.7. The van der Waals surface area contributed by atoms with Crippen LogP contribution in [0.2, 0.25) is 0 Å². The lowest BCUT2D eigenvalue weighted by Crippen LogP contribution is -2.25. The molecule has 0 aliphatic carbocycles. The molecule has 2 nitrogen and oxygen atoms in total. The van der Waals surface area contributed by atoms with Crippen LogP contribution in [-0.2, 0) is 11.2 Å². The van der Waals surface area contributed by atoms with Gasteiger partial charge in [-0.3, -0.25) is 0 Å². The van der Waals surface area contributed by atoms with E-state index in [-0.39, 0.29) is 11.9 Å². The molecule has 0 aromatic heterocycles. The highest BCUT2D eigenvalue weighted by molar-refractivity contribution is 5.20. The number of hydrogen-bond donors (Lipinski definition) is 1. The summed E-state index contributed by atoms with van der Waals surface area (Å²) in [5.41, 5.74) is 6.99. The first kappa shape index (κ1) is 10.2. The van der Waals surface area contributed by atoms with Crippen molar-refractivity contribution >= 4 is 0 Å². The van der Waals surface area contributed by atoms with Crippen LogP contribution in [0.3, 0.4) is 0 Å². The van der Waals surface area contributed by atoms with Gasteiger partial charge in [0.1, 0.15) is 11.6 Å². The fraction of sp³-hybridized carbons (Fsp3) is 0.333. The van der Waals surface area contributed by atoms with E-state index >= 15 is 0 Å². The molecule has 80 valence electrons. The first-order valence-electron chi connectivity index (χ1n) is 5.08. The largest absolute Gasteiger partial charge is 0.496 e. The maximum atomic E-state index is 12.7. The van der Waals surface area contributed by atoms with Crippen LogP contribution in [0.25, 0.3) is 0 Å². The first-order valence-corrected chi connectivity index (χ1v) is 5.08. The molecule has 1 aromatic rings. The number of nitrogens with two attached hydrogens (primary N) is 1. The lowest BCUT2D eigenvalue weighted by Gasteiger charge is -2.12. The van der Waals surface area contributed by atoms with Gasteiger partial charge in [0.15, 0.2) is 0 Å². The molecule has 1 aliphatic rings. The summed E-state index contributed by atoms with van der Waals surface area (Å²) in [7, 11) is 0. The third kappa shape index (κ3) is 2.57. The quantitative estimate of drug-likeness (QED) is 0.822. The second-order valence-electron chi connectivity index (χ2n) is 3.68. The number of halogens is 1. The summed E-state index contributed by atoms with van der Waals surface area (Å²) in [4.78, 5) is 0. The summed E-state index contributed by atoms with van der Waals surface area (Å²) in [6, 6.07) is 6.30. The monoisotopic (exact) mass is 207 g/mol. The van der Waals surface area contributed by atoms with Gasteiger partial charge in [-0.05, 0) is 30.2 Å². The average Bonchev–Trinajstić information content (AvgIpc) is 2.74. The van der Waals surface area contributed by atoms with E-state index in [0.717, 1.165) is 24.4 Å². The lowest BCUT2D eigenvalue weighted by atomic mass is 10.1. The molecule has 2 rings (SSSR count). The molecule has 2 N–H and O–H groups in total. The Balaban J connectivity index is 1.99. The standard InChI is InChI=1S/C12H14FNO/c13-10-5-3-9(4-6-10)8-11(14)12-2-1-7-15-12/h2-6,11H,1,7-8,14H2. The molecule has 0 spiro atoms. The third-order valence-corrected chi connectivity index (χ3v) is 2.47. The van der Waals surface area contributed by atoms with Crippen molar-refractivity contribution in [2.45, 2.75) is 18.9 Å². The first-order chi connectivity index (χ1) is 7.25. The van der Waals surface area contributed by atoms with Crippen LogP contribution < -0.4 is 5.73 Å². The van der Waals surface area contributed by atoms with E-state index in [4.69, 9.17) is 10.5 Å². The van der Waals surface area contributed by atoms with Crippen molar-refractivity contribution in [3.8, 4) is 0 Å². The van der Waals surface area contributed by atoms with Gasteiger partial charge < -0.3 is 10.5 Å². The average molecular weight is 207 g/mol. The van der Waals surface area contributed by atoms with Gasteiger partial charge in [-0.25, -0.2) is 4.39 Å². The maximum Gasteiger partial charge on any atom is 0.123 e. The second-order valence-corrected chi connectivity index (χ2v) is 3.68. The Morgan fingerprint density at radius 1 is 1.33 bits per heavy atom. The van der Waals surface area contributed by atoms with Crippen LogP contribution in [0.4, 0.5) is 4.39 Å². The van der Waals surface area contributed by atoms with Gasteiger partial charge >= 0.3 is 0 Å². The minimum atomic E-state index is -0.219. The van der Waals surface area contributed by atoms with E-state index in [1.807, 2.05) is 6.08 Å². The molecule has 15 heavy (non-hydrogen) atoms. The fourth-order valence-electron chi connectivity index (χ4n) is 1.67. The summed E-state index contributed by atoms with van der Waals surface area (Å²) < 4.78 is 18.0. The Bertz CT molecular complexity index is 358. The molecule has 0 radical (unpaired) electrons. The number of rotatable bonds is 3. The van der Waals surface area contributed by atoms with Gasteiger partial charge in [-0.15, -0.1) is 0 Å². The van der Waals surface area contributed by atoms with E-state index < -0.39 is 0 Å². The normalized spacial score (nSPS) is 17.1. The number of hydrogen-bond acceptors (Lipinski definition) is 2. The fourth-order valence-corrected chi connectivity index (χ4v) is 1.67. The van der Waals surface area contributed by atoms with E-state index in [2.05, 4.69) is 0 Å². The Hall–Kier alpha value is -1.35. The van der Waals surface area contributed by atoms with Crippen molar-refractivity contribution in [3.05, 3.63) is 47.5 Å². The van der Waals surface area contributed by atoms with Gasteiger partial charge in [0.2, 0.25) is 0 Å². The zero-order valence-electron chi connectivity index (χ0n) is 8.45. The molecule has 0 saturated carbocycles.